The van der Waals surface area contributed by atoms with Crippen molar-refractivity contribution in [3.05, 3.63) is 36.2 Å². The number of hydrogen-bond donors (Lipinski definition) is 3. The number of likely N-dealkylation sites (tertiary alicyclic amines) is 1. The number of nitrogens with two attached hydrogens (primary N) is 1. The molecule has 0 bridgehead atoms. The number of halogens is 3. The van der Waals surface area contributed by atoms with Gasteiger partial charge in [-0.25, -0.2) is 4.98 Å². The Morgan fingerprint density at radius 2 is 2.09 bits per heavy atom. The van der Waals surface area contributed by atoms with Crippen molar-refractivity contribution in [2.45, 2.75) is 25.1 Å². The van der Waals surface area contributed by atoms with Gasteiger partial charge in [0.15, 0.2) is 5.82 Å². The first-order chi connectivity index (χ1) is 15.2. The number of piperidine rings is 1. The van der Waals surface area contributed by atoms with Gasteiger partial charge in [0.25, 0.3) is 0 Å². The summed E-state index contributed by atoms with van der Waals surface area (Å²) < 4.78 is 38.7. The highest BCUT2D eigenvalue weighted by atomic mass is 19.4. The van der Waals surface area contributed by atoms with Crippen LogP contribution in [0.5, 0.6) is 5.75 Å². The zero-order valence-electron chi connectivity index (χ0n) is 16.8. The molecule has 1 fully saturated rings. The van der Waals surface area contributed by atoms with Crippen LogP contribution in [0.25, 0.3) is 22.3 Å². The van der Waals surface area contributed by atoms with E-state index in [1.54, 1.807) is 12.1 Å². The van der Waals surface area contributed by atoms with Gasteiger partial charge in [-0.05, 0) is 37.6 Å². The third-order valence-electron chi connectivity index (χ3n) is 5.18. The first kappa shape index (κ1) is 21.7. The van der Waals surface area contributed by atoms with E-state index < -0.39 is 23.4 Å². The normalized spacial score (nSPS) is 17.4. The quantitative estimate of drug-likeness (QED) is 0.543. The minimum absolute atomic E-state index is 0.00995. The fourth-order valence-electron chi connectivity index (χ4n) is 3.77. The number of anilines is 1. The molecular formula is C20H20F3N7O2. The van der Waals surface area contributed by atoms with Gasteiger partial charge in [0.05, 0.1) is 12.1 Å². The Labute approximate surface area is 180 Å². The van der Waals surface area contributed by atoms with E-state index in [4.69, 9.17) is 5.73 Å². The molecule has 12 heteroatoms. The molecule has 0 radical (unpaired) electrons. The van der Waals surface area contributed by atoms with Crippen molar-refractivity contribution in [3.63, 3.8) is 0 Å². The zero-order valence-corrected chi connectivity index (χ0v) is 16.8. The number of amides is 1. The summed E-state index contributed by atoms with van der Waals surface area (Å²) in [7, 11) is 0. The summed E-state index contributed by atoms with van der Waals surface area (Å²) in [5, 5.41) is 22.4. The second-order valence-electron chi connectivity index (χ2n) is 7.57. The van der Waals surface area contributed by atoms with E-state index in [0.717, 1.165) is 19.4 Å². The molecular weight excluding hydrogens is 427 g/mol. The average molecular weight is 447 g/mol. The first-order valence-corrected chi connectivity index (χ1v) is 9.87. The monoisotopic (exact) mass is 447 g/mol. The summed E-state index contributed by atoms with van der Waals surface area (Å²) >= 11 is 0. The van der Waals surface area contributed by atoms with Crippen molar-refractivity contribution in [2.75, 3.05) is 25.0 Å². The Balaban J connectivity index is 1.66. The van der Waals surface area contributed by atoms with Gasteiger partial charge in [-0.2, -0.15) is 13.2 Å². The van der Waals surface area contributed by atoms with Crippen molar-refractivity contribution in [1.29, 1.82) is 0 Å². The van der Waals surface area contributed by atoms with Crippen molar-refractivity contribution >= 4 is 22.6 Å². The number of nitrogens with zero attached hydrogens (tertiary/aromatic N) is 5. The Morgan fingerprint density at radius 1 is 1.28 bits per heavy atom. The van der Waals surface area contributed by atoms with Gasteiger partial charge >= 0.3 is 6.18 Å². The van der Waals surface area contributed by atoms with Crippen LogP contribution in [0.2, 0.25) is 0 Å². The van der Waals surface area contributed by atoms with Gasteiger partial charge in [0, 0.05) is 30.4 Å². The molecule has 0 spiro atoms. The topological polar surface area (TPSA) is 130 Å². The molecule has 168 valence electrons. The van der Waals surface area contributed by atoms with Crippen LogP contribution >= 0.6 is 0 Å². The molecule has 1 unspecified atom stereocenters. The van der Waals surface area contributed by atoms with Crippen LogP contribution in [-0.2, 0) is 11.0 Å². The van der Waals surface area contributed by atoms with Crippen molar-refractivity contribution in [2.24, 2.45) is 5.73 Å². The van der Waals surface area contributed by atoms with E-state index in [9.17, 15) is 23.1 Å². The van der Waals surface area contributed by atoms with E-state index in [1.807, 2.05) is 4.90 Å². The highest BCUT2D eigenvalue weighted by Gasteiger charge is 2.32. The molecule has 4 heterocycles. The molecule has 4 rings (SSSR count). The van der Waals surface area contributed by atoms with Crippen molar-refractivity contribution < 1.29 is 23.1 Å². The zero-order chi connectivity index (χ0) is 22.9. The molecule has 0 aliphatic carbocycles. The molecule has 1 atom stereocenters. The predicted octanol–water partition coefficient (Wildman–Crippen LogP) is 2.17. The standard InChI is InChI=1S/C20H20F3N7O2/c21-20(22,23)11-7-14(31)17(26-8-11)18-16-13(4-1-5-25-16)19(29-28-18)27-12-3-2-6-30(9-12)10-15(24)32/h1,4-5,7-8,12,31H,2-3,6,9-10H2,(H2,24,32)(H,27,29). The lowest BCUT2D eigenvalue weighted by Gasteiger charge is -2.32. The number of rotatable bonds is 5. The number of aromatic hydroxyl groups is 1. The van der Waals surface area contributed by atoms with Gasteiger partial charge in [-0.3, -0.25) is 14.7 Å². The minimum atomic E-state index is -4.63. The lowest BCUT2D eigenvalue weighted by Crippen LogP contribution is -2.45. The van der Waals surface area contributed by atoms with E-state index in [1.165, 1.54) is 6.20 Å². The van der Waals surface area contributed by atoms with Crippen LogP contribution in [0.3, 0.4) is 0 Å². The SMILES string of the molecule is NC(=O)CN1CCCC(Nc2nnc(-c3ncc(C(F)(F)F)cc3O)c3ncccc23)C1. The van der Waals surface area contributed by atoms with Crippen LogP contribution in [0.4, 0.5) is 19.0 Å². The van der Waals surface area contributed by atoms with Gasteiger partial charge < -0.3 is 16.2 Å². The smallest absolute Gasteiger partial charge is 0.418 e. The van der Waals surface area contributed by atoms with Crippen LogP contribution in [0, 0.1) is 0 Å². The molecule has 4 N–H and O–H groups in total. The summed E-state index contributed by atoms with van der Waals surface area (Å²) in [6.07, 6.45) is -0.774. The number of alkyl halides is 3. The third-order valence-corrected chi connectivity index (χ3v) is 5.18. The van der Waals surface area contributed by atoms with Gasteiger partial charge in [0.1, 0.15) is 22.7 Å². The van der Waals surface area contributed by atoms with Crippen molar-refractivity contribution in [1.82, 2.24) is 25.1 Å². The molecule has 32 heavy (non-hydrogen) atoms. The maximum Gasteiger partial charge on any atom is 0.418 e. The number of primary amides is 1. The number of pyridine rings is 2. The molecule has 3 aromatic rings. The van der Waals surface area contributed by atoms with E-state index in [2.05, 4.69) is 25.5 Å². The Morgan fingerprint density at radius 3 is 2.81 bits per heavy atom. The highest BCUT2D eigenvalue weighted by molar-refractivity contribution is 5.97. The predicted molar refractivity (Wildman–Crippen MR) is 110 cm³/mol. The van der Waals surface area contributed by atoms with Crippen molar-refractivity contribution in [3.8, 4) is 17.1 Å². The summed E-state index contributed by atoms with van der Waals surface area (Å²) in [4.78, 5) is 21.2. The number of fused-ring (bicyclic) bond motifs is 1. The summed E-state index contributed by atoms with van der Waals surface area (Å²) in [6, 6.07) is 4.03. The summed E-state index contributed by atoms with van der Waals surface area (Å²) in [5.74, 6) is -0.626. The van der Waals surface area contributed by atoms with Gasteiger partial charge in [0.2, 0.25) is 5.91 Å². The summed E-state index contributed by atoms with van der Waals surface area (Å²) in [5.41, 5.74) is 4.47. The van der Waals surface area contributed by atoms with Gasteiger partial charge in [-0.1, -0.05) is 0 Å². The molecule has 1 amide bonds. The molecule has 0 saturated carbocycles. The fourth-order valence-corrected chi connectivity index (χ4v) is 3.77. The van der Waals surface area contributed by atoms with Crippen LogP contribution < -0.4 is 11.1 Å². The van der Waals surface area contributed by atoms with Crippen LogP contribution in [0.1, 0.15) is 18.4 Å². The molecule has 0 aromatic carbocycles. The van der Waals surface area contributed by atoms with E-state index in [-0.39, 0.29) is 24.0 Å². The number of nitrogens with one attached hydrogen (secondary N) is 1. The van der Waals surface area contributed by atoms with E-state index >= 15 is 0 Å². The Kier molecular flexibility index (Phi) is 5.78. The average Bonchev–Trinajstić information content (AvgIpc) is 2.73. The number of hydrogen-bond acceptors (Lipinski definition) is 8. The third kappa shape index (κ3) is 4.54. The van der Waals surface area contributed by atoms with Crippen LogP contribution in [-0.4, -0.2) is 61.8 Å². The molecule has 9 nitrogen and oxygen atoms in total. The molecule has 1 aliphatic rings. The fraction of sp³-hybridized carbons (Fsp3) is 0.350. The number of carbonyl (C=O) groups is 1. The Hall–Kier alpha value is -3.54. The van der Waals surface area contributed by atoms with Gasteiger partial charge in [-0.15, -0.1) is 10.2 Å². The summed E-state index contributed by atoms with van der Waals surface area (Å²) in [6.45, 7) is 1.53. The maximum atomic E-state index is 12.9. The first-order valence-electron chi connectivity index (χ1n) is 9.87. The largest absolute Gasteiger partial charge is 0.506 e. The highest BCUT2D eigenvalue weighted by Crippen LogP contribution is 2.36. The maximum absolute atomic E-state index is 12.9. The molecule has 3 aromatic heterocycles. The second kappa shape index (κ2) is 8.54. The number of carbonyl (C=O) groups excluding carboxylic acids is 1. The lowest BCUT2D eigenvalue weighted by molar-refractivity contribution is -0.138. The second-order valence-corrected chi connectivity index (χ2v) is 7.57. The minimum Gasteiger partial charge on any atom is -0.506 e. The van der Waals surface area contributed by atoms with Crippen LogP contribution in [0.15, 0.2) is 30.6 Å². The van der Waals surface area contributed by atoms with E-state index in [0.29, 0.717) is 35.5 Å². The Bertz CT molecular complexity index is 1160. The number of aromatic nitrogens is 4. The molecule has 1 saturated heterocycles. The lowest BCUT2D eigenvalue weighted by atomic mass is 10.1. The molecule has 1 aliphatic heterocycles.